The highest BCUT2D eigenvalue weighted by Crippen LogP contribution is 2.33. The van der Waals surface area contributed by atoms with Crippen LogP contribution in [-0.4, -0.2) is 34.5 Å². The largest absolute Gasteiger partial charge is 0.438 e. The number of ether oxygens (including phenoxy) is 1. The number of halogens is 2. The highest BCUT2D eigenvalue weighted by atomic mass is 19.1. The molecule has 33 heavy (non-hydrogen) atoms. The Morgan fingerprint density at radius 1 is 0.909 bits per heavy atom. The lowest BCUT2D eigenvalue weighted by Crippen LogP contribution is -2.36. The summed E-state index contributed by atoms with van der Waals surface area (Å²) in [4.78, 5) is 14.3. The van der Waals surface area contributed by atoms with Crippen LogP contribution in [0.3, 0.4) is 0 Å². The summed E-state index contributed by atoms with van der Waals surface area (Å²) in [5, 5.41) is 0. The first kappa shape index (κ1) is 21.8. The second-order valence-corrected chi connectivity index (χ2v) is 9.07. The second-order valence-electron chi connectivity index (χ2n) is 9.07. The maximum atomic E-state index is 13.4. The zero-order chi connectivity index (χ0) is 22.8. The van der Waals surface area contributed by atoms with Crippen molar-refractivity contribution in [1.82, 2.24) is 14.9 Å². The molecule has 0 N–H and O–H groups in total. The number of nitrogens with zero attached hydrogens (tertiary/aromatic N) is 4. The number of piperidine rings is 1. The van der Waals surface area contributed by atoms with Gasteiger partial charge in [-0.15, -0.1) is 0 Å². The van der Waals surface area contributed by atoms with Crippen molar-refractivity contribution < 1.29 is 13.5 Å². The molecule has 0 spiro atoms. The van der Waals surface area contributed by atoms with Crippen LogP contribution in [0.5, 0.6) is 11.6 Å². The van der Waals surface area contributed by atoms with E-state index >= 15 is 0 Å². The minimum absolute atomic E-state index is 0.231. The Kier molecular flexibility index (Phi) is 6.22. The molecule has 7 heteroatoms. The molecule has 5 nitrogen and oxygen atoms in total. The van der Waals surface area contributed by atoms with Crippen molar-refractivity contribution >= 4 is 5.95 Å². The van der Waals surface area contributed by atoms with Crippen molar-refractivity contribution in [3.05, 3.63) is 77.0 Å². The molecular formula is C26H28F2N4O. The van der Waals surface area contributed by atoms with E-state index in [1.807, 2.05) is 12.1 Å². The molecule has 0 saturated carbocycles. The maximum Gasteiger partial charge on any atom is 0.228 e. The highest BCUT2D eigenvalue weighted by Gasteiger charge is 2.27. The van der Waals surface area contributed by atoms with Crippen LogP contribution in [0.1, 0.15) is 36.6 Å². The van der Waals surface area contributed by atoms with Gasteiger partial charge in [0, 0.05) is 39.1 Å². The standard InChI is InChI=1S/C26H28F2N4O/c1-18-10-14-32(15-11-18)26-29-24-12-13-31(16-19-2-4-20(27)5-3-19)17-23(24)25(30-26)33-22-8-6-21(28)7-9-22/h2-9,18H,10-17H2,1H3. The lowest BCUT2D eigenvalue weighted by Gasteiger charge is -2.33. The van der Waals surface area contributed by atoms with Crippen molar-refractivity contribution in [3.8, 4) is 11.6 Å². The van der Waals surface area contributed by atoms with Gasteiger partial charge < -0.3 is 9.64 Å². The third kappa shape index (κ3) is 5.14. The molecule has 0 amide bonds. The molecule has 0 aliphatic carbocycles. The predicted molar refractivity (Wildman–Crippen MR) is 123 cm³/mol. The van der Waals surface area contributed by atoms with Crippen LogP contribution in [0.25, 0.3) is 0 Å². The Balaban J connectivity index is 1.43. The van der Waals surface area contributed by atoms with Crippen LogP contribution in [0.4, 0.5) is 14.7 Å². The average molecular weight is 451 g/mol. The van der Waals surface area contributed by atoms with Gasteiger partial charge in [-0.05, 0) is 60.7 Å². The maximum absolute atomic E-state index is 13.4. The molecule has 1 fully saturated rings. The molecule has 3 aromatic rings. The molecular weight excluding hydrogens is 422 g/mol. The van der Waals surface area contributed by atoms with E-state index in [0.717, 1.165) is 55.7 Å². The Labute approximate surface area is 193 Å². The van der Waals surface area contributed by atoms with Gasteiger partial charge in [0.2, 0.25) is 11.8 Å². The van der Waals surface area contributed by atoms with E-state index in [0.29, 0.717) is 36.6 Å². The van der Waals surface area contributed by atoms with E-state index in [2.05, 4.69) is 16.7 Å². The van der Waals surface area contributed by atoms with Crippen LogP contribution in [0, 0.1) is 17.6 Å². The summed E-state index contributed by atoms with van der Waals surface area (Å²) in [7, 11) is 0. The first-order valence-corrected chi connectivity index (χ1v) is 11.6. The fraction of sp³-hybridized carbons (Fsp3) is 0.385. The summed E-state index contributed by atoms with van der Waals surface area (Å²) in [6, 6.07) is 12.6. The number of hydrogen-bond donors (Lipinski definition) is 0. The molecule has 0 bridgehead atoms. The smallest absolute Gasteiger partial charge is 0.228 e. The van der Waals surface area contributed by atoms with Crippen molar-refractivity contribution in [1.29, 1.82) is 0 Å². The SMILES string of the molecule is CC1CCN(c2nc3c(c(Oc4ccc(F)cc4)n2)CN(Cc2ccc(F)cc2)CC3)CC1. The monoisotopic (exact) mass is 450 g/mol. The number of benzene rings is 2. The normalized spacial score (nSPS) is 17.1. The summed E-state index contributed by atoms with van der Waals surface area (Å²) in [6.45, 7) is 6.36. The third-order valence-corrected chi connectivity index (χ3v) is 6.50. The van der Waals surface area contributed by atoms with Crippen molar-refractivity contribution in [2.75, 3.05) is 24.5 Å². The molecule has 0 atom stereocenters. The van der Waals surface area contributed by atoms with Crippen LogP contribution in [0.2, 0.25) is 0 Å². The first-order chi connectivity index (χ1) is 16.0. The van der Waals surface area contributed by atoms with E-state index in [1.165, 1.54) is 24.3 Å². The van der Waals surface area contributed by atoms with E-state index in [-0.39, 0.29) is 11.6 Å². The first-order valence-electron chi connectivity index (χ1n) is 11.6. The van der Waals surface area contributed by atoms with Crippen molar-refractivity contribution in [3.63, 3.8) is 0 Å². The van der Waals surface area contributed by atoms with Crippen LogP contribution >= 0.6 is 0 Å². The van der Waals surface area contributed by atoms with Crippen LogP contribution in [0.15, 0.2) is 48.5 Å². The topological polar surface area (TPSA) is 41.5 Å². The zero-order valence-corrected chi connectivity index (χ0v) is 18.8. The molecule has 5 rings (SSSR count). The van der Waals surface area contributed by atoms with Gasteiger partial charge in [-0.2, -0.15) is 4.98 Å². The number of aromatic nitrogens is 2. The summed E-state index contributed by atoms with van der Waals surface area (Å²) in [5.74, 6) is 1.97. The Morgan fingerprint density at radius 3 is 2.27 bits per heavy atom. The van der Waals surface area contributed by atoms with Crippen LogP contribution in [-0.2, 0) is 19.5 Å². The molecule has 3 heterocycles. The van der Waals surface area contributed by atoms with Crippen molar-refractivity contribution in [2.45, 2.75) is 39.3 Å². The van der Waals surface area contributed by atoms with E-state index in [9.17, 15) is 8.78 Å². The van der Waals surface area contributed by atoms with Gasteiger partial charge in [0.15, 0.2) is 0 Å². The minimum atomic E-state index is -0.305. The van der Waals surface area contributed by atoms with Gasteiger partial charge in [0.25, 0.3) is 0 Å². The Morgan fingerprint density at radius 2 is 1.58 bits per heavy atom. The van der Waals surface area contributed by atoms with E-state index < -0.39 is 0 Å². The molecule has 2 aromatic carbocycles. The Hall–Kier alpha value is -3.06. The number of fused-ring (bicyclic) bond motifs is 1. The summed E-state index contributed by atoms with van der Waals surface area (Å²) < 4.78 is 32.9. The van der Waals surface area contributed by atoms with Gasteiger partial charge in [-0.1, -0.05) is 19.1 Å². The summed E-state index contributed by atoms with van der Waals surface area (Å²) in [5.41, 5.74) is 3.02. The van der Waals surface area contributed by atoms with Gasteiger partial charge in [0.05, 0.1) is 11.3 Å². The third-order valence-electron chi connectivity index (χ3n) is 6.50. The molecule has 2 aliphatic heterocycles. The Bertz CT molecular complexity index is 1100. The lowest BCUT2D eigenvalue weighted by atomic mass is 9.99. The molecule has 172 valence electrons. The minimum Gasteiger partial charge on any atom is -0.438 e. The predicted octanol–water partition coefficient (Wildman–Crippen LogP) is 5.34. The molecule has 0 unspecified atom stereocenters. The molecule has 1 saturated heterocycles. The van der Waals surface area contributed by atoms with Gasteiger partial charge in [0.1, 0.15) is 17.4 Å². The fourth-order valence-electron chi connectivity index (χ4n) is 4.46. The van der Waals surface area contributed by atoms with Gasteiger partial charge in [-0.25, -0.2) is 13.8 Å². The molecule has 1 aromatic heterocycles. The zero-order valence-electron chi connectivity index (χ0n) is 18.8. The van der Waals surface area contributed by atoms with E-state index in [1.54, 1.807) is 12.1 Å². The summed E-state index contributed by atoms with van der Waals surface area (Å²) >= 11 is 0. The van der Waals surface area contributed by atoms with Gasteiger partial charge >= 0.3 is 0 Å². The molecule has 0 radical (unpaired) electrons. The number of anilines is 1. The van der Waals surface area contributed by atoms with Crippen LogP contribution < -0.4 is 9.64 Å². The van der Waals surface area contributed by atoms with Gasteiger partial charge in [-0.3, -0.25) is 4.90 Å². The average Bonchev–Trinajstić information content (AvgIpc) is 2.82. The number of rotatable bonds is 5. The fourth-order valence-corrected chi connectivity index (χ4v) is 4.46. The summed E-state index contributed by atoms with van der Waals surface area (Å²) in [6.07, 6.45) is 3.04. The highest BCUT2D eigenvalue weighted by molar-refractivity contribution is 5.44. The van der Waals surface area contributed by atoms with E-state index in [4.69, 9.17) is 14.7 Å². The lowest BCUT2D eigenvalue weighted by molar-refractivity contribution is 0.238. The second kappa shape index (κ2) is 9.43. The molecule has 2 aliphatic rings. The quantitative estimate of drug-likeness (QED) is 0.525. The van der Waals surface area contributed by atoms with Crippen molar-refractivity contribution in [2.24, 2.45) is 5.92 Å². The number of hydrogen-bond acceptors (Lipinski definition) is 5.